The van der Waals surface area contributed by atoms with Crippen LogP contribution in [0.3, 0.4) is 0 Å². The molecule has 25 nitrogen and oxygen atoms in total. The summed E-state index contributed by atoms with van der Waals surface area (Å²) >= 11 is 0.986. The van der Waals surface area contributed by atoms with E-state index in [1.165, 1.54) is 65.2 Å². The third-order valence-electron chi connectivity index (χ3n) is 11.4. The summed E-state index contributed by atoms with van der Waals surface area (Å²) in [6.45, 7) is 2.24. The molecule has 0 bridgehead atoms. The van der Waals surface area contributed by atoms with Gasteiger partial charge in [0.05, 0.1) is 33.5 Å². The van der Waals surface area contributed by atoms with E-state index in [0.29, 0.717) is 6.42 Å². The largest absolute Gasteiger partial charge is 0.790 e. The van der Waals surface area contributed by atoms with E-state index in [-0.39, 0.29) is 53.8 Å². The van der Waals surface area contributed by atoms with Gasteiger partial charge in [-0.3, -0.25) is 28.1 Å². The van der Waals surface area contributed by atoms with Crippen LogP contribution in [0.1, 0.15) is 143 Å². The summed E-state index contributed by atoms with van der Waals surface area (Å²) in [6.07, 6.45) is 14.8. The summed E-state index contributed by atoms with van der Waals surface area (Å²) in [7, 11) is -17.6. The number of fused-ring (bicyclic) bond motifs is 1. The summed E-state index contributed by atoms with van der Waals surface area (Å²) in [6, 6.07) is 0. The molecular formula is C43H72N7O18P3S-4. The van der Waals surface area contributed by atoms with Gasteiger partial charge in [0.15, 0.2) is 22.8 Å². The Kier molecular flexibility index (Phi) is 28.2. The van der Waals surface area contributed by atoms with Crippen molar-refractivity contribution in [3.8, 4) is 0 Å². The fourth-order valence-electron chi connectivity index (χ4n) is 7.43. The molecule has 1 fully saturated rings. The van der Waals surface area contributed by atoms with E-state index in [0.717, 1.165) is 73.9 Å². The number of aromatic nitrogens is 4. The summed E-state index contributed by atoms with van der Waals surface area (Å²) in [5, 5.41) is 36.5. The minimum absolute atomic E-state index is 0.00858. The molecule has 0 saturated carbocycles. The zero-order valence-corrected chi connectivity index (χ0v) is 44.6. The van der Waals surface area contributed by atoms with Crippen LogP contribution in [-0.4, -0.2) is 114 Å². The minimum atomic E-state index is -5.93. The summed E-state index contributed by atoms with van der Waals surface area (Å²) in [5.74, 6) is -1.33. The second kappa shape index (κ2) is 32.0. The predicted molar refractivity (Wildman–Crippen MR) is 258 cm³/mol. The molecule has 2 aromatic rings. The highest BCUT2D eigenvalue weighted by atomic mass is 32.2. The standard InChI is InChI=1S/C43H76N7O18P3S/c1-4-5-6-7-8-9-10-11-12-13-14-15-16-17-18-19-20-21-31(51)26-34(53)72-25-24-45-33(52)22-23-46-41(56)38(55)43(2,3)28-65-71(62,63)68-70(60,61)64-27-32-37(67-69(57,58)59)36(54)42(66-32)50-30-49-35-39(44)47-29-48-40(35)50/h13-14,29-32,36-38,42,51,54-55H,4-12,15-28H2,1-3H3,(H,45,52)(H,46,56)(H,60,61)(H,62,63)(H2,44,47,48)(H2,57,58,59)/p-4/b14-13-/t31-,32+,36+,37+,38-,42+/m0/s1. The van der Waals surface area contributed by atoms with Gasteiger partial charge in [-0.05, 0) is 32.1 Å². The summed E-state index contributed by atoms with van der Waals surface area (Å²) < 4.78 is 60.9. The quantitative estimate of drug-likeness (QED) is 0.0320. The van der Waals surface area contributed by atoms with Crippen LogP contribution in [-0.2, 0) is 50.7 Å². The number of allylic oxidation sites excluding steroid dienone is 2. The molecule has 0 spiro atoms. The van der Waals surface area contributed by atoms with Crippen LogP contribution in [0.5, 0.6) is 0 Å². The molecule has 8 atom stereocenters. The van der Waals surface area contributed by atoms with Gasteiger partial charge in [-0.2, -0.15) is 0 Å². The number of ether oxygens (including phenoxy) is 1. The monoisotopic (exact) mass is 1100 g/mol. The molecule has 2 aromatic heterocycles. The normalized spacial score (nSPS) is 20.1. The van der Waals surface area contributed by atoms with Crippen molar-refractivity contribution in [1.82, 2.24) is 30.2 Å². The van der Waals surface area contributed by atoms with Gasteiger partial charge in [-0.1, -0.05) is 115 Å². The van der Waals surface area contributed by atoms with Crippen LogP contribution < -0.4 is 35.9 Å². The first-order valence-electron chi connectivity index (χ1n) is 24.3. The lowest BCUT2D eigenvalue weighted by atomic mass is 9.87. The molecule has 412 valence electrons. The zero-order valence-electron chi connectivity index (χ0n) is 41.1. The average Bonchev–Trinajstić information content (AvgIpc) is 3.86. The third-order valence-corrected chi connectivity index (χ3v) is 15.4. The third kappa shape index (κ3) is 24.3. The Bertz CT molecular complexity index is 2150. The van der Waals surface area contributed by atoms with Crippen molar-refractivity contribution in [2.45, 2.75) is 173 Å². The smallest absolute Gasteiger partial charge is 0.274 e. The number of nitrogen functional groups attached to an aromatic ring is 1. The average molecular weight is 1100 g/mol. The number of nitrogens with two attached hydrogens (primary N) is 1. The van der Waals surface area contributed by atoms with Crippen molar-refractivity contribution >= 4 is 69.1 Å². The van der Waals surface area contributed by atoms with Crippen molar-refractivity contribution in [2.24, 2.45) is 5.41 Å². The first-order chi connectivity index (χ1) is 33.9. The number of aliphatic hydroxyl groups is 3. The highest BCUT2D eigenvalue weighted by molar-refractivity contribution is 8.13. The van der Waals surface area contributed by atoms with Crippen LogP contribution in [0.15, 0.2) is 24.8 Å². The molecule has 3 heterocycles. The van der Waals surface area contributed by atoms with E-state index < -0.39 is 90.7 Å². The van der Waals surface area contributed by atoms with Crippen LogP contribution in [0.25, 0.3) is 11.2 Å². The number of phosphoric ester groups is 3. The molecule has 7 N–H and O–H groups in total. The lowest BCUT2D eigenvalue weighted by molar-refractivity contribution is -0.347. The van der Waals surface area contributed by atoms with E-state index in [1.54, 1.807) is 0 Å². The zero-order chi connectivity index (χ0) is 53.4. The Morgan fingerprint density at radius 2 is 1.50 bits per heavy atom. The van der Waals surface area contributed by atoms with Gasteiger partial charge in [0.25, 0.3) is 15.6 Å². The Morgan fingerprint density at radius 3 is 2.14 bits per heavy atom. The highest BCUT2D eigenvalue weighted by Crippen LogP contribution is 2.56. The number of nitrogens with one attached hydrogen (secondary N) is 2. The molecule has 0 aromatic carbocycles. The number of thioether (sulfide) groups is 1. The number of hydrogen-bond donors (Lipinski definition) is 6. The van der Waals surface area contributed by atoms with Crippen LogP contribution in [0, 0.1) is 5.41 Å². The van der Waals surface area contributed by atoms with E-state index in [1.807, 2.05) is 0 Å². The number of carbonyl (C=O) groups is 3. The van der Waals surface area contributed by atoms with Gasteiger partial charge in [0, 0.05) is 37.1 Å². The van der Waals surface area contributed by atoms with Gasteiger partial charge >= 0.3 is 0 Å². The van der Waals surface area contributed by atoms with Gasteiger partial charge < -0.3 is 74.1 Å². The Morgan fingerprint density at radius 1 is 0.889 bits per heavy atom. The fraction of sp³-hybridized carbons (Fsp3) is 0.767. The van der Waals surface area contributed by atoms with Gasteiger partial charge in [0.2, 0.25) is 11.8 Å². The second-order valence-electron chi connectivity index (χ2n) is 18.1. The number of carbonyl (C=O) groups excluding carboxylic acids is 3. The predicted octanol–water partition coefficient (Wildman–Crippen LogP) is 2.71. The van der Waals surface area contributed by atoms with Gasteiger partial charge in [-0.25, -0.2) is 19.3 Å². The SMILES string of the molecule is CCCCCCCCCC/C=C\CCCCCCC[C@H](O)CC(=O)SCCNC(=O)CCNC(=O)[C@H](O)C(C)(C)COP(=O)([O-])OP(=O)([O-])OC[C@H]1O[C@@H](n2cnc3c(N)ncnc32)[C@H](O)[C@@H]1OP(=O)([O-])[O-]. The Balaban J connectivity index is 1.27. The molecule has 1 aliphatic heterocycles. The van der Waals surface area contributed by atoms with Crippen molar-refractivity contribution in [2.75, 3.05) is 37.8 Å². The first-order valence-corrected chi connectivity index (χ1v) is 29.6. The summed E-state index contributed by atoms with van der Waals surface area (Å²) in [4.78, 5) is 97.1. The molecule has 2 unspecified atom stereocenters. The molecule has 0 radical (unpaired) electrons. The molecule has 2 amide bonds. The van der Waals surface area contributed by atoms with Crippen LogP contribution >= 0.6 is 35.2 Å². The number of aliphatic hydroxyl groups excluding tert-OH is 3. The molecule has 3 rings (SSSR count). The number of imidazole rings is 1. The molecule has 1 saturated heterocycles. The van der Waals surface area contributed by atoms with Crippen molar-refractivity contribution < 1.29 is 85.6 Å². The van der Waals surface area contributed by atoms with Gasteiger partial charge in [-0.15, -0.1) is 0 Å². The van der Waals surface area contributed by atoms with E-state index in [9.17, 15) is 63.0 Å². The van der Waals surface area contributed by atoms with Crippen LogP contribution in [0.2, 0.25) is 0 Å². The number of phosphoric acid groups is 3. The topological polar surface area (TPSA) is 395 Å². The number of hydrogen-bond acceptors (Lipinski definition) is 23. The lowest BCUT2D eigenvalue weighted by Crippen LogP contribution is -2.46. The molecular weight excluding hydrogens is 1030 g/mol. The first kappa shape index (κ1) is 63.6. The van der Waals surface area contributed by atoms with Crippen molar-refractivity contribution in [3.63, 3.8) is 0 Å². The Hall–Kier alpha value is -2.74. The van der Waals surface area contributed by atoms with Crippen molar-refractivity contribution in [3.05, 3.63) is 24.8 Å². The molecule has 72 heavy (non-hydrogen) atoms. The van der Waals surface area contributed by atoms with Crippen molar-refractivity contribution in [1.29, 1.82) is 0 Å². The maximum atomic E-state index is 12.7. The number of unbranched alkanes of at least 4 members (excludes halogenated alkanes) is 13. The van der Waals surface area contributed by atoms with Crippen LogP contribution in [0.4, 0.5) is 5.82 Å². The summed E-state index contributed by atoms with van der Waals surface area (Å²) in [5.41, 5.74) is 4.06. The maximum absolute atomic E-state index is 12.7. The van der Waals surface area contributed by atoms with Gasteiger partial charge in [0.1, 0.15) is 36.3 Å². The number of rotatable bonds is 38. The highest BCUT2D eigenvalue weighted by Gasteiger charge is 2.47. The molecule has 29 heteroatoms. The molecule has 0 aliphatic carbocycles. The van der Waals surface area contributed by atoms with E-state index in [4.69, 9.17) is 10.5 Å². The maximum Gasteiger partial charge on any atom is 0.274 e. The number of amides is 2. The number of nitrogens with zero attached hydrogens (tertiary/aromatic N) is 4. The number of anilines is 1. The molecule has 1 aliphatic rings. The Labute approximate surface area is 424 Å². The van der Waals surface area contributed by atoms with E-state index in [2.05, 4.69) is 62.5 Å². The lowest BCUT2D eigenvalue weighted by Gasteiger charge is -2.36. The second-order valence-corrected chi connectivity index (χ2v) is 23.4. The minimum Gasteiger partial charge on any atom is -0.790 e. The van der Waals surface area contributed by atoms with E-state index >= 15 is 0 Å². The fourth-order valence-corrected chi connectivity index (χ4v) is 10.9.